The van der Waals surface area contributed by atoms with Gasteiger partial charge >= 0.3 is 11.9 Å². The Morgan fingerprint density at radius 3 is 2.68 bits per heavy atom. The third-order valence-electron chi connectivity index (χ3n) is 2.78. The van der Waals surface area contributed by atoms with Crippen molar-refractivity contribution in [2.75, 3.05) is 6.61 Å². The van der Waals surface area contributed by atoms with Gasteiger partial charge in [-0.3, -0.25) is 4.79 Å². The summed E-state index contributed by atoms with van der Waals surface area (Å²) in [5, 5.41) is 0. The minimum Gasteiger partial charge on any atom is -0.459 e. The molecule has 0 N–H and O–H groups in total. The van der Waals surface area contributed by atoms with Gasteiger partial charge in [0.05, 0.1) is 11.7 Å². The van der Waals surface area contributed by atoms with Gasteiger partial charge in [0.15, 0.2) is 0 Å². The van der Waals surface area contributed by atoms with Crippen molar-refractivity contribution >= 4 is 11.9 Å². The second-order valence-electron chi connectivity index (χ2n) is 4.34. The highest BCUT2D eigenvalue weighted by atomic mass is 16.7. The minimum absolute atomic E-state index is 0.172. The molecule has 1 aliphatic rings. The Morgan fingerprint density at radius 2 is 2.00 bits per heavy atom. The molecule has 19 heavy (non-hydrogen) atoms. The van der Waals surface area contributed by atoms with Crippen LogP contribution in [0.25, 0.3) is 0 Å². The zero-order valence-corrected chi connectivity index (χ0v) is 10.7. The normalized spacial score (nSPS) is 21.9. The molecule has 1 saturated heterocycles. The molecule has 0 radical (unpaired) electrons. The summed E-state index contributed by atoms with van der Waals surface area (Å²) in [5.41, 5.74) is 0.511. The molecule has 2 atom stereocenters. The lowest BCUT2D eigenvalue weighted by Gasteiger charge is -2.13. The van der Waals surface area contributed by atoms with Crippen molar-refractivity contribution in [3.63, 3.8) is 0 Å². The molecule has 0 spiro atoms. The van der Waals surface area contributed by atoms with Crippen molar-refractivity contribution in [2.45, 2.75) is 32.2 Å². The van der Waals surface area contributed by atoms with Crippen LogP contribution in [0.3, 0.4) is 0 Å². The van der Waals surface area contributed by atoms with Crippen molar-refractivity contribution < 1.29 is 23.8 Å². The van der Waals surface area contributed by atoms with Crippen LogP contribution in [-0.2, 0) is 19.0 Å². The van der Waals surface area contributed by atoms with Gasteiger partial charge in [0.1, 0.15) is 6.61 Å². The molecule has 1 fully saturated rings. The van der Waals surface area contributed by atoms with E-state index in [9.17, 15) is 9.59 Å². The molecular formula is C14H16O5. The lowest BCUT2D eigenvalue weighted by atomic mass is 10.2. The van der Waals surface area contributed by atoms with E-state index in [0.29, 0.717) is 18.4 Å². The molecule has 0 aromatic heterocycles. The Kier molecular flexibility index (Phi) is 4.52. The van der Waals surface area contributed by atoms with E-state index in [-0.39, 0.29) is 24.6 Å². The maximum absolute atomic E-state index is 11.7. The fourth-order valence-corrected chi connectivity index (χ4v) is 1.89. The van der Waals surface area contributed by atoms with Gasteiger partial charge in [0.2, 0.25) is 6.29 Å². The first-order valence-corrected chi connectivity index (χ1v) is 6.20. The fourth-order valence-electron chi connectivity index (χ4n) is 1.89. The average Bonchev–Trinajstić information content (AvgIpc) is 2.84. The van der Waals surface area contributed by atoms with E-state index >= 15 is 0 Å². The predicted molar refractivity (Wildman–Crippen MR) is 66.4 cm³/mol. The van der Waals surface area contributed by atoms with E-state index in [1.54, 1.807) is 24.3 Å². The summed E-state index contributed by atoms with van der Waals surface area (Å²) in [5.74, 6) is -0.743. The maximum atomic E-state index is 11.7. The van der Waals surface area contributed by atoms with Crippen LogP contribution in [0.2, 0.25) is 0 Å². The van der Waals surface area contributed by atoms with E-state index in [1.165, 1.54) is 6.92 Å². The molecule has 5 nitrogen and oxygen atoms in total. The van der Waals surface area contributed by atoms with Gasteiger partial charge < -0.3 is 14.2 Å². The molecule has 2 rings (SSSR count). The Labute approximate surface area is 111 Å². The number of rotatable bonds is 4. The summed E-state index contributed by atoms with van der Waals surface area (Å²) >= 11 is 0. The van der Waals surface area contributed by atoms with Gasteiger partial charge in [0, 0.05) is 13.3 Å². The smallest absolute Gasteiger partial charge is 0.338 e. The second kappa shape index (κ2) is 6.33. The SMILES string of the molecule is CC(=O)O[C@H]1CC[C@H](COC(=O)c2ccccc2)O1. The quantitative estimate of drug-likeness (QED) is 0.777. The second-order valence-corrected chi connectivity index (χ2v) is 4.34. The Hall–Kier alpha value is -1.88. The van der Waals surface area contributed by atoms with Crippen LogP contribution in [0.4, 0.5) is 0 Å². The minimum atomic E-state index is -0.516. The van der Waals surface area contributed by atoms with Crippen LogP contribution in [0, 0.1) is 0 Å². The number of carbonyl (C=O) groups excluding carboxylic acids is 2. The van der Waals surface area contributed by atoms with Gasteiger partial charge in [0.25, 0.3) is 0 Å². The van der Waals surface area contributed by atoms with Gasteiger partial charge in [-0.1, -0.05) is 18.2 Å². The molecule has 0 aliphatic carbocycles. The summed E-state index contributed by atoms with van der Waals surface area (Å²) in [6.45, 7) is 1.51. The van der Waals surface area contributed by atoms with Crippen LogP contribution in [0.15, 0.2) is 30.3 Å². The van der Waals surface area contributed by atoms with Crippen molar-refractivity contribution in [1.29, 1.82) is 0 Å². The summed E-state index contributed by atoms with van der Waals surface area (Å²) in [7, 11) is 0. The third-order valence-corrected chi connectivity index (χ3v) is 2.78. The summed E-state index contributed by atoms with van der Waals surface area (Å²) in [4.78, 5) is 22.5. The highest BCUT2D eigenvalue weighted by molar-refractivity contribution is 5.89. The number of hydrogen-bond acceptors (Lipinski definition) is 5. The molecule has 1 aromatic rings. The van der Waals surface area contributed by atoms with Crippen LogP contribution < -0.4 is 0 Å². The van der Waals surface area contributed by atoms with Crippen LogP contribution in [0.5, 0.6) is 0 Å². The number of ether oxygens (including phenoxy) is 3. The van der Waals surface area contributed by atoms with E-state index in [1.807, 2.05) is 6.07 Å². The standard InChI is InChI=1S/C14H16O5/c1-10(15)18-13-8-7-12(19-13)9-17-14(16)11-5-3-2-4-6-11/h2-6,12-13H,7-9H2,1H3/t12-,13-/m1/s1. The number of benzene rings is 1. The van der Waals surface area contributed by atoms with Gasteiger partial charge in [-0.25, -0.2) is 4.79 Å². The van der Waals surface area contributed by atoms with E-state index < -0.39 is 6.29 Å². The lowest BCUT2D eigenvalue weighted by molar-refractivity contribution is -0.174. The molecular weight excluding hydrogens is 248 g/mol. The number of hydrogen-bond donors (Lipinski definition) is 0. The van der Waals surface area contributed by atoms with Crippen LogP contribution in [-0.4, -0.2) is 30.9 Å². The number of carbonyl (C=O) groups is 2. The molecule has 1 heterocycles. The molecule has 0 bridgehead atoms. The van der Waals surface area contributed by atoms with Crippen molar-refractivity contribution in [2.24, 2.45) is 0 Å². The first-order valence-electron chi connectivity index (χ1n) is 6.20. The maximum Gasteiger partial charge on any atom is 0.338 e. The largest absolute Gasteiger partial charge is 0.459 e. The van der Waals surface area contributed by atoms with Crippen LogP contribution in [0.1, 0.15) is 30.1 Å². The number of esters is 2. The van der Waals surface area contributed by atoms with E-state index in [0.717, 1.165) is 0 Å². The Balaban J connectivity index is 1.75. The zero-order chi connectivity index (χ0) is 13.7. The molecule has 1 aliphatic heterocycles. The van der Waals surface area contributed by atoms with Crippen LogP contribution >= 0.6 is 0 Å². The monoisotopic (exact) mass is 264 g/mol. The average molecular weight is 264 g/mol. The topological polar surface area (TPSA) is 61.8 Å². The van der Waals surface area contributed by atoms with Crippen molar-refractivity contribution in [1.82, 2.24) is 0 Å². The zero-order valence-electron chi connectivity index (χ0n) is 10.7. The molecule has 0 saturated carbocycles. The van der Waals surface area contributed by atoms with Crippen molar-refractivity contribution in [3.05, 3.63) is 35.9 Å². The Bertz CT molecular complexity index is 442. The van der Waals surface area contributed by atoms with Gasteiger partial charge in [-0.15, -0.1) is 0 Å². The third kappa shape index (κ3) is 4.06. The summed E-state index contributed by atoms with van der Waals surface area (Å²) in [6.07, 6.45) is 0.614. The first-order chi connectivity index (χ1) is 9.15. The predicted octanol–water partition coefficient (Wildman–Crippen LogP) is 1.91. The molecule has 5 heteroatoms. The molecule has 102 valence electrons. The summed E-state index contributed by atoms with van der Waals surface area (Å²) in [6, 6.07) is 8.78. The summed E-state index contributed by atoms with van der Waals surface area (Å²) < 4.78 is 15.5. The van der Waals surface area contributed by atoms with Crippen molar-refractivity contribution in [3.8, 4) is 0 Å². The fraction of sp³-hybridized carbons (Fsp3) is 0.429. The first kappa shape index (κ1) is 13.5. The molecule has 0 unspecified atom stereocenters. The molecule has 0 amide bonds. The Morgan fingerprint density at radius 1 is 1.26 bits per heavy atom. The van der Waals surface area contributed by atoms with Gasteiger partial charge in [-0.05, 0) is 18.6 Å². The molecule has 1 aromatic carbocycles. The highest BCUT2D eigenvalue weighted by Gasteiger charge is 2.28. The lowest BCUT2D eigenvalue weighted by Crippen LogP contribution is -2.21. The van der Waals surface area contributed by atoms with E-state index in [4.69, 9.17) is 14.2 Å². The van der Waals surface area contributed by atoms with E-state index in [2.05, 4.69) is 0 Å². The van der Waals surface area contributed by atoms with Gasteiger partial charge in [-0.2, -0.15) is 0 Å². The highest BCUT2D eigenvalue weighted by Crippen LogP contribution is 2.21.